The molecule has 0 radical (unpaired) electrons. The van der Waals surface area contributed by atoms with Crippen molar-refractivity contribution in [2.24, 2.45) is 0 Å². The minimum Gasteiger partial charge on any atom is -0.379 e. The number of aryl methyl sites for hydroxylation is 1. The highest BCUT2D eigenvalue weighted by molar-refractivity contribution is 7.86. The molecule has 2 fully saturated rings. The maximum absolute atomic E-state index is 12.8. The first-order valence-electron chi connectivity index (χ1n) is 8.34. The van der Waals surface area contributed by atoms with Crippen molar-refractivity contribution in [3.63, 3.8) is 0 Å². The summed E-state index contributed by atoms with van der Waals surface area (Å²) in [5, 5.41) is 0. The first-order valence-corrected chi connectivity index (χ1v) is 9.73. The molecule has 1 aromatic carbocycles. The van der Waals surface area contributed by atoms with Crippen LogP contribution in [-0.2, 0) is 14.9 Å². The molecule has 8 heteroatoms. The van der Waals surface area contributed by atoms with Crippen LogP contribution in [0.25, 0.3) is 11.0 Å². The fraction of sp³-hybridized carbons (Fsp3) is 0.562. The summed E-state index contributed by atoms with van der Waals surface area (Å²) in [6.07, 6.45) is 0.810. The molecule has 7 nitrogen and oxygen atoms in total. The number of para-hydroxylation sites is 2. The normalized spacial score (nSPS) is 24.0. The highest BCUT2D eigenvalue weighted by Crippen LogP contribution is 2.30. The largest absolute Gasteiger partial charge is 0.379 e. The van der Waals surface area contributed by atoms with Gasteiger partial charge in [-0.3, -0.25) is 0 Å². The third-order valence-corrected chi connectivity index (χ3v) is 6.89. The standard InChI is InChI=1S/C16H22N4O3S/c1-13-17-15-4-2-3-5-16(15)20(13)14-6-7-19(12-14)24(21,22)18-8-10-23-11-9-18/h2-5,14H,6-12H2,1H3/t14-/m0/s1. The van der Waals surface area contributed by atoms with Gasteiger partial charge in [-0.2, -0.15) is 17.0 Å². The second kappa shape index (κ2) is 6.11. The Hall–Kier alpha value is -1.48. The van der Waals surface area contributed by atoms with Gasteiger partial charge in [-0.05, 0) is 25.5 Å². The van der Waals surface area contributed by atoms with E-state index < -0.39 is 10.2 Å². The second-order valence-electron chi connectivity index (χ2n) is 6.34. The fourth-order valence-electron chi connectivity index (χ4n) is 3.70. The van der Waals surface area contributed by atoms with Gasteiger partial charge in [0.15, 0.2) is 0 Å². The van der Waals surface area contributed by atoms with Crippen molar-refractivity contribution >= 4 is 21.2 Å². The molecule has 0 unspecified atom stereocenters. The number of aromatic nitrogens is 2. The zero-order valence-electron chi connectivity index (χ0n) is 13.8. The van der Waals surface area contributed by atoms with Crippen LogP contribution in [0.15, 0.2) is 24.3 Å². The summed E-state index contributed by atoms with van der Waals surface area (Å²) >= 11 is 0. The number of benzene rings is 1. The van der Waals surface area contributed by atoms with Crippen LogP contribution < -0.4 is 0 Å². The van der Waals surface area contributed by atoms with Gasteiger partial charge in [-0.25, -0.2) is 4.98 Å². The average molecular weight is 350 g/mol. The molecule has 1 atom stereocenters. The van der Waals surface area contributed by atoms with Gasteiger partial charge >= 0.3 is 0 Å². The topological polar surface area (TPSA) is 67.7 Å². The molecule has 2 aliphatic heterocycles. The molecule has 3 heterocycles. The summed E-state index contributed by atoms with van der Waals surface area (Å²) in [5.74, 6) is 0.937. The van der Waals surface area contributed by atoms with E-state index in [0.717, 1.165) is 23.3 Å². The third-order valence-electron chi connectivity index (χ3n) is 4.89. The summed E-state index contributed by atoms with van der Waals surface area (Å²) in [5.41, 5.74) is 2.04. The van der Waals surface area contributed by atoms with Gasteiger partial charge in [0.2, 0.25) is 0 Å². The van der Waals surface area contributed by atoms with Gasteiger partial charge in [0.25, 0.3) is 10.2 Å². The summed E-state index contributed by atoms with van der Waals surface area (Å²) in [6, 6.07) is 8.15. The summed E-state index contributed by atoms with van der Waals surface area (Å²) in [6.45, 7) is 4.87. The summed E-state index contributed by atoms with van der Waals surface area (Å²) in [7, 11) is -3.40. The first-order chi connectivity index (χ1) is 11.6. The molecule has 0 amide bonds. The molecule has 0 spiro atoms. The van der Waals surface area contributed by atoms with Crippen molar-refractivity contribution in [2.45, 2.75) is 19.4 Å². The highest BCUT2D eigenvalue weighted by atomic mass is 32.2. The molecule has 0 bridgehead atoms. The van der Waals surface area contributed by atoms with Gasteiger partial charge in [0.1, 0.15) is 5.82 Å². The molecular formula is C16H22N4O3S. The maximum atomic E-state index is 12.8. The van der Waals surface area contributed by atoms with E-state index in [9.17, 15) is 8.42 Å². The van der Waals surface area contributed by atoms with Crippen molar-refractivity contribution in [1.82, 2.24) is 18.2 Å². The predicted octanol–water partition coefficient (Wildman–Crippen LogP) is 1.17. The lowest BCUT2D eigenvalue weighted by Crippen LogP contribution is -2.47. The van der Waals surface area contributed by atoms with E-state index in [1.165, 1.54) is 4.31 Å². The number of morpholine rings is 1. The van der Waals surface area contributed by atoms with Crippen LogP contribution in [0.3, 0.4) is 0 Å². The number of hydrogen-bond acceptors (Lipinski definition) is 4. The van der Waals surface area contributed by atoms with Crippen LogP contribution in [0.5, 0.6) is 0 Å². The molecule has 24 heavy (non-hydrogen) atoms. The van der Waals surface area contributed by atoms with Gasteiger partial charge in [-0.15, -0.1) is 0 Å². The van der Waals surface area contributed by atoms with E-state index in [2.05, 4.69) is 15.6 Å². The van der Waals surface area contributed by atoms with Crippen LogP contribution in [0.1, 0.15) is 18.3 Å². The molecule has 0 saturated carbocycles. The lowest BCUT2D eigenvalue weighted by molar-refractivity contribution is 0.0705. The Balaban J connectivity index is 1.59. The lowest BCUT2D eigenvalue weighted by Gasteiger charge is -2.30. The Bertz CT molecular complexity index is 842. The van der Waals surface area contributed by atoms with E-state index in [0.29, 0.717) is 39.4 Å². The molecule has 0 aliphatic carbocycles. The molecular weight excluding hydrogens is 328 g/mol. The van der Waals surface area contributed by atoms with E-state index in [1.54, 1.807) is 4.31 Å². The Morgan fingerprint density at radius 1 is 1.12 bits per heavy atom. The van der Waals surface area contributed by atoms with Crippen molar-refractivity contribution in [3.05, 3.63) is 30.1 Å². The average Bonchev–Trinajstić information content (AvgIpc) is 3.19. The molecule has 1 aromatic heterocycles. The third kappa shape index (κ3) is 2.63. The molecule has 4 rings (SSSR count). The molecule has 130 valence electrons. The Labute approximate surface area is 142 Å². The number of fused-ring (bicyclic) bond motifs is 1. The highest BCUT2D eigenvalue weighted by Gasteiger charge is 2.37. The minimum absolute atomic E-state index is 0.133. The Kier molecular flexibility index (Phi) is 4.07. The van der Waals surface area contributed by atoms with E-state index >= 15 is 0 Å². The molecule has 0 N–H and O–H groups in total. The van der Waals surface area contributed by atoms with E-state index in [4.69, 9.17) is 4.74 Å². The van der Waals surface area contributed by atoms with Crippen LogP contribution >= 0.6 is 0 Å². The van der Waals surface area contributed by atoms with Crippen molar-refractivity contribution in [2.75, 3.05) is 39.4 Å². The van der Waals surface area contributed by atoms with Crippen LogP contribution in [-0.4, -0.2) is 66.0 Å². The second-order valence-corrected chi connectivity index (χ2v) is 8.27. The molecule has 2 aromatic rings. The van der Waals surface area contributed by atoms with E-state index in [-0.39, 0.29) is 6.04 Å². The van der Waals surface area contributed by atoms with E-state index in [1.807, 2.05) is 25.1 Å². The molecule has 2 saturated heterocycles. The lowest BCUT2D eigenvalue weighted by atomic mass is 10.2. The van der Waals surface area contributed by atoms with Gasteiger partial charge in [0.05, 0.1) is 30.3 Å². The summed E-state index contributed by atoms with van der Waals surface area (Å²) < 4.78 is 36.2. The number of ether oxygens (including phenoxy) is 1. The van der Waals surface area contributed by atoms with Crippen molar-refractivity contribution < 1.29 is 13.2 Å². The maximum Gasteiger partial charge on any atom is 0.282 e. The Morgan fingerprint density at radius 3 is 2.67 bits per heavy atom. The Morgan fingerprint density at radius 2 is 1.88 bits per heavy atom. The van der Waals surface area contributed by atoms with Gasteiger partial charge in [0, 0.05) is 26.2 Å². The van der Waals surface area contributed by atoms with Crippen LogP contribution in [0.2, 0.25) is 0 Å². The van der Waals surface area contributed by atoms with Gasteiger partial charge < -0.3 is 9.30 Å². The van der Waals surface area contributed by atoms with Crippen LogP contribution in [0, 0.1) is 6.92 Å². The molecule has 2 aliphatic rings. The van der Waals surface area contributed by atoms with Crippen molar-refractivity contribution in [1.29, 1.82) is 0 Å². The smallest absolute Gasteiger partial charge is 0.282 e. The quantitative estimate of drug-likeness (QED) is 0.833. The predicted molar refractivity (Wildman–Crippen MR) is 91.0 cm³/mol. The number of imidazole rings is 1. The zero-order chi connectivity index (χ0) is 16.7. The van der Waals surface area contributed by atoms with Crippen LogP contribution in [0.4, 0.5) is 0 Å². The zero-order valence-corrected chi connectivity index (χ0v) is 14.6. The fourth-order valence-corrected chi connectivity index (χ4v) is 5.33. The first kappa shape index (κ1) is 16.0. The number of hydrogen-bond donors (Lipinski definition) is 0. The monoisotopic (exact) mass is 350 g/mol. The number of nitrogens with zero attached hydrogens (tertiary/aromatic N) is 4. The van der Waals surface area contributed by atoms with Gasteiger partial charge in [-0.1, -0.05) is 12.1 Å². The SMILES string of the molecule is Cc1nc2ccccc2n1[C@H]1CCN(S(=O)(=O)N2CCOCC2)C1. The minimum atomic E-state index is -3.40. The van der Waals surface area contributed by atoms with Crippen molar-refractivity contribution in [3.8, 4) is 0 Å². The summed E-state index contributed by atoms with van der Waals surface area (Å²) in [4.78, 5) is 4.60. The number of rotatable bonds is 3.